The molecule has 0 saturated heterocycles. The summed E-state index contributed by atoms with van der Waals surface area (Å²) in [6.45, 7) is 4.25. The highest BCUT2D eigenvalue weighted by Crippen LogP contribution is 2.54. The van der Waals surface area contributed by atoms with Crippen molar-refractivity contribution in [2.75, 3.05) is 0 Å². The summed E-state index contributed by atoms with van der Waals surface area (Å²) in [5, 5.41) is 9.82. The summed E-state index contributed by atoms with van der Waals surface area (Å²) in [5.74, 6) is 2.98. The zero-order chi connectivity index (χ0) is 8.01. The van der Waals surface area contributed by atoms with E-state index in [0.717, 1.165) is 11.8 Å². The number of aliphatic hydroxyl groups excluding tert-OH is 1. The van der Waals surface area contributed by atoms with Crippen LogP contribution < -0.4 is 0 Å². The van der Waals surface area contributed by atoms with E-state index in [1.165, 1.54) is 19.3 Å². The Morgan fingerprint density at radius 2 is 1.82 bits per heavy atom. The second-order valence-electron chi connectivity index (χ2n) is 4.73. The fourth-order valence-electron chi connectivity index (χ4n) is 2.82. The molecule has 2 bridgehead atoms. The maximum atomic E-state index is 9.82. The summed E-state index contributed by atoms with van der Waals surface area (Å²) in [6.07, 6.45) is 4.11. The van der Waals surface area contributed by atoms with Gasteiger partial charge in [-0.05, 0) is 42.9 Å². The maximum Gasteiger partial charge on any atom is 0.0594 e. The van der Waals surface area contributed by atoms with Crippen LogP contribution in [0.15, 0.2) is 0 Å². The molecule has 11 heavy (non-hydrogen) atoms. The van der Waals surface area contributed by atoms with E-state index in [9.17, 15) is 5.11 Å². The van der Waals surface area contributed by atoms with Gasteiger partial charge in [0, 0.05) is 0 Å². The second-order valence-corrected chi connectivity index (χ2v) is 4.73. The third-order valence-electron chi connectivity index (χ3n) is 3.60. The topological polar surface area (TPSA) is 20.2 Å². The minimum Gasteiger partial charge on any atom is -0.393 e. The monoisotopic (exact) mass is 154 g/mol. The van der Waals surface area contributed by atoms with E-state index in [2.05, 4.69) is 13.8 Å². The summed E-state index contributed by atoms with van der Waals surface area (Å²) >= 11 is 0. The number of hydrogen-bond acceptors (Lipinski definition) is 1. The molecule has 3 saturated carbocycles. The Balaban J connectivity index is 1.95. The minimum absolute atomic E-state index is 0.0208. The van der Waals surface area contributed by atoms with E-state index in [-0.39, 0.29) is 6.10 Å². The lowest BCUT2D eigenvalue weighted by Gasteiger charge is -2.28. The molecular formula is C10H18O. The summed E-state index contributed by atoms with van der Waals surface area (Å²) < 4.78 is 0. The van der Waals surface area contributed by atoms with Crippen molar-refractivity contribution in [2.24, 2.45) is 23.7 Å². The van der Waals surface area contributed by atoms with E-state index < -0.39 is 0 Å². The van der Waals surface area contributed by atoms with Crippen LogP contribution in [0.3, 0.4) is 0 Å². The van der Waals surface area contributed by atoms with Crippen molar-refractivity contribution in [2.45, 2.75) is 39.2 Å². The van der Waals surface area contributed by atoms with Gasteiger partial charge in [-0.3, -0.25) is 0 Å². The van der Waals surface area contributed by atoms with Gasteiger partial charge in [-0.2, -0.15) is 0 Å². The van der Waals surface area contributed by atoms with E-state index in [0.29, 0.717) is 11.8 Å². The van der Waals surface area contributed by atoms with Crippen LogP contribution >= 0.6 is 0 Å². The Kier molecular flexibility index (Phi) is 1.71. The van der Waals surface area contributed by atoms with Crippen LogP contribution in [-0.4, -0.2) is 11.2 Å². The van der Waals surface area contributed by atoms with Crippen molar-refractivity contribution in [3.05, 3.63) is 0 Å². The van der Waals surface area contributed by atoms with Crippen LogP contribution in [0.2, 0.25) is 0 Å². The molecule has 3 aliphatic rings. The minimum atomic E-state index is -0.0208. The number of aliphatic hydroxyl groups is 1. The van der Waals surface area contributed by atoms with Gasteiger partial charge < -0.3 is 5.11 Å². The molecule has 1 N–H and O–H groups in total. The molecule has 0 aromatic rings. The lowest BCUT2D eigenvalue weighted by Crippen LogP contribution is -2.28. The zero-order valence-electron chi connectivity index (χ0n) is 7.46. The predicted octanol–water partition coefficient (Wildman–Crippen LogP) is 2.05. The summed E-state index contributed by atoms with van der Waals surface area (Å²) in [4.78, 5) is 0. The van der Waals surface area contributed by atoms with Crippen LogP contribution in [0.1, 0.15) is 33.1 Å². The molecule has 1 nitrogen and oxygen atoms in total. The number of fused-ring (bicyclic) bond motifs is 1. The zero-order valence-corrected chi connectivity index (χ0v) is 7.46. The van der Waals surface area contributed by atoms with Crippen molar-refractivity contribution >= 4 is 0 Å². The lowest BCUT2D eigenvalue weighted by atomic mass is 9.80. The first-order valence-electron chi connectivity index (χ1n) is 4.86. The van der Waals surface area contributed by atoms with E-state index >= 15 is 0 Å². The van der Waals surface area contributed by atoms with Gasteiger partial charge in [0.15, 0.2) is 0 Å². The first-order chi connectivity index (χ1) is 5.18. The number of rotatable bonds is 2. The highest BCUT2D eigenvalue weighted by atomic mass is 16.3. The van der Waals surface area contributed by atoms with Crippen LogP contribution in [0.5, 0.6) is 0 Å². The van der Waals surface area contributed by atoms with Gasteiger partial charge in [-0.1, -0.05) is 13.8 Å². The van der Waals surface area contributed by atoms with Gasteiger partial charge in [0.1, 0.15) is 0 Å². The van der Waals surface area contributed by atoms with Gasteiger partial charge in [-0.15, -0.1) is 0 Å². The molecule has 2 unspecified atom stereocenters. The molecule has 2 atom stereocenters. The second kappa shape index (κ2) is 2.48. The molecule has 0 heterocycles. The molecule has 3 rings (SSSR count). The molecule has 64 valence electrons. The van der Waals surface area contributed by atoms with E-state index in [1.807, 2.05) is 0 Å². The first kappa shape index (κ1) is 7.60. The van der Waals surface area contributed by atoms with E-state index in [4.69, 9.17) is 0 Å². The molecule has 0 radical (unpaired) electrons. The van der Waals surface area contributed by atoms with Crippen molar-refractivity contribution in [3.8, 4) is 0 Å². The highest BCUT2D eigenvalue weighted by Gasteiger charge is 2.47. The average molecular weight is 154 g/mol. The Bertz CT molecular complexity index is 147. The fourth-order valence-corrected chi connectivity index (χ4v) is 2.82. The standard InChI is InChI=1S/C10H18O/c1-6(2)10(11)9-5-7-3-8(9)4-7/h6-11H,3-5H2,1-2H3. The predicted molar refractivity (Wildman–Crippen MR) is 45.2 cm³/mol. The van der Waals surface area contributed by atoms with Crippen molar-refractivity contribution in [3.63, 3.8) is 0 Å². The van der Waals surface area contributed by atoms with E-state index in [1.54, 1.807) is 0 Å². The van der Waals surface area contributed by atoms with Gasteiger partial charge in [0.05, 0.1) is 6.10 Å². The fraction of sp³-hybridized carbons (Fsp3) is 1.00. The van der Waals surface area contributed by atoms with Crippen molar-refractivity contribution in [1.82, 2.24) is 0 Å². The van der Waals surface area contributed by atoms with Gasteiger partial charge in [-0.25, -0.2) is 0 Å². The van der Waals surface area contributed by atoms with Crippen LogP contribution in [0.25, 0.3) is 0 Å². The van der Waals surface area contributed by atoms with Gasteiger partial charge >= 0.3 is 0 Å². The Labute approximate surface area is 68.8 Å². The molecule has 1 heteroatoms. The summed E-state index contributed by atoms with van der Waals surface area (Å²) in [7, 11) is 0. The largest absolute Gasteiger partial charge is 0.393 e. The SMILES string of the molecule is CC(C)C(O)C1CC2CC1C2. The third-order valence-corrected chi connectivity index (χ3v) is 3.60. The maximum absolute atomic E-state index is 9.82. The Hall–Kier alpha value is -0.0400. The molecule has 0 aromatic heterocycles. The summed E-state index contributed by atoms with van der Waals surface area (Å²) in [5.41, 5.74) is 0. The van der Waals surface area contributed by atoms with Crippen molar-refractivity contribution in [1.29, 1.82) is 0 Å². The molecule has 3 aliphatic carbocycles. The Morgan fingerprint density at radius 3 is 2.18 bits per heavy atom. The third kappa shape index (κ3) is 1.10. The van der Waals surface area contributed by atoms with Crippen LogP contribution in [-0.2, 0) is 0 Å². The van der Waals surface area contributed by atoms with Crippen molar-refractivity contribution < 1.29 is 5.11 Å². The Morgan fingerprint density at radius 1 is 1.18 bits per heavy atom. The first-order valence-corrected chi connectivity index (χ1v) is 4.86. The van der Waals surface area contributed by atoms with Crippen LogP contribution in [0.4, 0.5) is 0 Å². The number of hydrogen-bond donors (Lipinski definition) is 1. The molecule has 0 spiro atoms. The quantitative estimate of drug-likeness (QED) is 0.645. The average Bonchev–Trinajstić information content (AvgIpc) is 2.39. The van der Waals surface area contributed by atoms with Gasteiger partial charge in [0.2, 0.25) is 0 Å². The van der Waals surface area contributed by atoms with Gasteiger partial charge in [0.25, 0.3) is 0 Å². The smallest absolute Gasteiger partial charge is 0.0594 e. The normalized spacial score (nSPS) is 44.2. The highest BCUT2D eigenvalue weighted by molar-refractivity contribution is 4.97. The molecule has 0 aromatic carbocycles. The van der Waals surface area contributed by atoms with Crippen LogP contribution in [0, 0.1) is 23.7 Å². The summed E-state index contributed by atoms with van der Waals surface area (Å²) in [6, 6.07) is 0. The molecular weight excluding hydrogens is 136 g/mol. The lowest BCUT2D eigenvalue weighted by molar-refractivity contribution is 0.0494. The molecule has 3 fully saturated rings. The molecule has 0 aliphatic heterocycles. The molecule has 0 amide bonds.